The number of carbonyl (C=O) groups is 1. The van der Waals surface area contributed by atoms with Crippen LogP contribution >= 0.6 is 11.6 Å². The van der Waals surface area contributed by atoms with Gasteiger partial charge in [0.15, 0.2) is 6.10 Å². The summed E-state index contributed by atoms with van der Waals surface area (Å²) >= 11 is 5.90. The number of carbonyl (C=O) groups excluding carboxylic acids is 1. The molecule has 3 rings (SSSR count). The molecule has 8 heteroatoms. The van der Waals surface area contributed by atoms with E-state index in [1.807, 2.05) is 0 Å². The van der Waals surface area contributed by atoms with Crippen molar-refractivity contribution in [1.29, 1.82) is 0 Å². The summed E-state index contributed by atoms with van der Waals surface area (Å²) < 4.78 is 49.3. The molecule has 1 heterocycles. The van der Waals surface area contributed by atoms with Gasteiger partial charge in [0.25, 0.3) is 5.91 Å². The molecule has 1 amide bonds. The number of anilines is 1. The van der Waals surface area contributed by atoms with Crippen LogP contribution in [0.4, 0.5) is 18.9 Å². The molecule has 1 aliphatic rings. The van der Waals surface area contributed by atoms with E-state index in [9.17, 15) is 18.0 Å². The number of terminal acetylenes is 1. The smallest absolute Gasteiger partial charge is 0.416 e. The summed E-state index contributed by atoms with van der Waals surface area (Å²) in [4.78, 5) is 13.6. The van der Waals surface area contributed by atoms with E-state index in [4.69, 9.17) is 27.5 Å². The molecule has 27 heavy (non-hydrogen) atoms. The van der Waals surface area contributed by atoms with E-state index in [0.717, 1.165) is 18.2 Å². The summed E-state index contributed by atoms with van der Waals surface area (Å²) in [6.07, 6.45) is 0.0903. The van der Waals surface area contributed by atoms with Gasteiger partial charge in [0.1, 0.15) is 17.2 Å². The quantitative estimate of drug-likeness (QED) is 0.694. The number of halogens is 4. The van der Waals surface area contributed by atoms with E-state index in [0.29, 0.717) is 11.4 Å². The number of nitrogens with zero attached hydrogens (tertiary/aromatic N) is 1. The molecule has 1 atom stereocenters. The molecule has 1 unspecified atom stereocenters. The second-order valence-electron chi connectivity index (χ2n) is 5.76. The van der Waals surface area contributed by atoms with E-state index in [1.165, 1.54) is 11.0 Å². The van der Waals surface area contributed by atoms with E-state index < -0.39 is 17.8 Å². The molecule has 140 valence electrons. The molecule has 0 aromatic heterocycles. The number of fused-ring (bicyclic) bond motifs is 1. The van der Waals surface area contributed by atoms with Crippen LogP contribution in [0.15, 0.2) is 36.4 Å². The van der Waals surface area contributed by atoms with Crippen molar-refractivity contribution in [1.82, 2.24) is 0 Å². The van der Waals surface area contributed by atoms with Gasteiger partial charge in [0.2, 0.25) is 0 Å². The number of rotatable bonds is 3. The number of benzene rings is 2. The Labute approximate surface area is 158 Å². The Morgan fingerprint density at radius 1 is 1.30 bits per heavy atom. The van der Waals surface area contributed by atoms with Crippen molar-refractivity contribution in [3.63, 3.8) is 0 Å². The minimum absolute atomic E-state index is 0.0602. The van der Waals surface area contributed by atoms with E-state index in [-0.39, 0.29) is 29.0 Å². The number of amides is 1. The Morgan fingerprint density at radius 2 is 2.04 bits per heavy atom. The number of hydrogen-bond donors (Lipinski definition) is 0. The van der Waals surface area contributed by atoms with Crippen LogP contribution in [-0.4, -0.2) is 18.6 Å². The fraction of sp³-hybridized carbons (Fsp3) is 0.211. The van der Waals surface area contributed by atoms with Gasteiger partial charge >= 0.3 is 6.18 Å². The van der Waals surface area contributed by atoms with Crippen LogP contribution in [-0.2, 0) is 11.0 Å². The fourth-order valence-corrected chi connectivity index (χ4v) is 2.81. The molecule has 1 aliphatic heterocycles. The highest BCUT2D eigenvalue weighted by atomic mass is 35.5. The summed E-state index contributed by atoms with van der Waals surface area (Å²) in [5.41, 5.74) is -0.382. The third-order valence-electron chi connectivity index (χ3n) is 3.88. The van der Waals surface area contributed by atoms with Crippen molar-refractivity contribution in [3.8, 4) is 29.6 Å². The standard InChI is InChI=1S/C19H13ClF3NO3/c1-3-8-24-15-6-5-13(10-17(15)26-11(2)18(24)25)27-16-7-4-12(9-14(16)20)19(21,22)23/h1,4-7,9-11H,8H2,2H3. The molecule has 0 fully saturated rings. The van der Waals surface area contributed by atoms with Crippen LogP contribution in [0.25, 0.3) is 0 Å². The SMILES string of the molecule is C#CCN1C(=O)C(C)Oc2cc(Oc3ccc(C(F)(F)F)cc3Cl)ccc21. The molecule has 2 aromatic carbocycles. The highest BCUT2D eigenvalue weighted by molar-refractivity contribution is 6.32. The minimum Gasteiger partial charge on any atom is -0.479 e. The lowest BCUT2D eigenvalue weighted by atomic mass is 10.1. The average molecular weight is 396 g/mol. The van der Waals surface area contributed by atoms with Crippen LogP contribution in [0.5, 0.6) is 17.2 Å². The zero-order valence-electron chi connectivity index (χ0n) is 14.0. The first kappa shape index (κ1) is 18.9. The Bertz CT molecular complexity index is 937. The average Bonchev–Trinajstić information content (AvgIpc) is 2.59. The number of hydrogen-bond acceptors (Lipinski definition) is 3. The van der Waals surface area contributed by atoms with Crippen LogP contribution in [0, 0.1) is 12.3 Å². The largest absolute Gasteiger partial charge is 0.479 e. The van der Waals surface area contributed by atoms with Gasteiger partial charge in [0.05, 0.1) is 22.8 Å². The predicted molar refractivity (Wildman–Crippen MR) is 94.2 cm³/mol. The predicted octanol–water partition coefficient (Wildman–Crippen LogP) is 4.90. The first-order valence-corrected chi connectivity index (χ1v) is 8.18. The zero-order valence-corrected chi connectivity index (χ0v) is 14.8. The molecule has 0 aliphatic carbocycles. The number of ether oxygens (including phenoxy) is 2. The summed E-state index contributed by atoms with van der Waals surface area (Å²) in [6.45, 7) is 1.68. The Balaban J connectivity index is 1.89. The molecule has 0 bridgehead atoms. The van der Waals surface area contributed by atoms with Gasteiger partial charge in [-0.2, -0.15) is 13.2 Å². The molecule has 0 saturated heterocycles. The molecular weight excluding hydrogens is 383 g/mol. The van der Waals surface area contributed by atoms with Gasteiger partial charge in [-0.1, -0.05) is 17.5 Å². The number of alkyl halides is 3. The summed E-state index contributed by atoms with van der Waals surface area (Å²) in [5, 5.41) is -0.180. The lowest BCUT2D eigenvalue weighted by molar-refractivity contribution is -0.137. The topological polar surface area (TPSA) is 38.8 Å². The van der Waals surface area contributed by atoms with E-state index in [1.54, 1.807) is 19.1 Å². The van der Waals surface area contributed by atoms with Crippen molar-refractivity contribution in [2.45, 2.75) is 19.2 Å². The summed E-state index contributed by atoms with van der Waals surface area (Å²) in [6, 6.07) is 7.47. The highest BCUT2D eigenvalue weighted by Crippen LogP contribution is 2.40. The molecule has 4 nitrogen and oxygen atoms in total. The minimum atomic E-state index is -4.50. The first-order chi connectivity index (χ1) is 12.7. The van der Waals surface area contributed by atoms with Gasteiger partial charge in [-0.25, -0.2) is 0 Å². The van der Waals surface area contributed by atoms with Crippen LogP contribution < -0.4 is 14.4 Å². The third kappa shape index (κ3) is 3.81. The van der Waals surface area contributed by atoms with Gasteiger partial charge < -0.3 is 9.47 Å². The second-order valence-corrected chi connectivity index (χ2v) is 6.17. The van der Waals surface area contributed by atoms with Gasteiger partial charge in [-0.05, 0) is 37.3 Å². The van der Waals surface area contributed by atoms with Crippen LogP contribution in [0.3, 0.4) is 0 Å². The molecule has 0 N–H and O–H groups in total. The second kappa shape index (κ2) is 7.05. The van der Waals surface area contributed by atoms with Gasteiger partial charge in [-0.15, -0.1) is 6.42 Å². The highest BCUT2D eigenvalue weighted by Gasteiger charge is 2.32. The Kier molecular flexibility index (Phi) is 4.94. The normalized spacial score (nSPS) is 16.4. The lowest BCUT2D eigenvalue weighted by Gasteiger charge is -2.32. The fourth-order valence-electron chi connectivity index (χ4n) is 2.60. The van der Waals surface area contributed by atoms with Crippen molar-refractivity contribution >= 4 is 23.2 Å². The lowest BCUT2D eigenvalue weighted by Crippen LogP contribution is -2.44. The molecule has 0 spiro atoms. The zero-order chi connectivity index (χ0) is 19.8. The summed E-state index contributed by atoms with van der Waals surface area (Å²) in [5.74, 6) is 2.88. The molecule has 0 saturated carbocycles. The molecule has 2 aromatic rings. The monoisotopic (exact) mass is 395 g/mol. The van der Waals surface area contributed by atoms with E-state index in [2.05, 4.69) is 5.92 Å². The van der Waals surface area contributed by atoms with Crippen molar-refractivity contribution in [2.24, 2.45) is 0 Å². The van der Waals surface area contributed by atoms with Crippen LogP contribution in [0.2, 0.25) is 5.02 Å². The van der Waals surface area contributed by atoms with Crippen molar-refractivity contribution in [2.75, 3.05) is 11.4 Å². The maximum atomic E-state index is 12.7. The van der Waals surface area contributed by atoms with Crippen molar-refractivity contribution in [3.05, 3.63) is 47.0 Å². The van der Waals surface area contributed by atoms with E-state index >= 15 is 0 Å². The Hall–Kier alpha value is -2.85. The molecule has 0 radical (unpaired) electrons. The maximum absolute atomic E-state index is 12.7. The first-order valence-electron chi connectivity index (χ1n) is 7.81. The molecular formula is C19H13ClF3NO3. The van der Waals surface area contributed by atoms with Crippen LogP contribution in [0.1, 0.15) is 12.5 Å². The Morgan fingerprint density at radius 3 is 2.67 bits per heavy atom. The maximum Gasteiger partial charge on any atom is 0.416 e. The van der Waals surface area contributed by atoms with Gasteiger partial charge in [0, 0.05) is 6.07 Å². The summed E-state index contributed by atoms with van der Waals surface area (Å²) in [7, 11) is 0. The van der Waals surface area contributed by atoms with Crippen molar-refractivity contribution < 1.29 is 27.4 Å². The van der Waals surface area contributed by atoms with Gasteiger partial charge in [-0.3, -0.25) is 9.69 Å². The third-order valence-corrected chi connectivity index (χ3v) is 4.17.